The largest absolute Gasteiger partial charge is 0.364 e. The zero-order valence-corrected chi connectivity index (χ0v) is 12.0. The monoisotopic (exact) mass is 274 g/mol. The Morgan fingerprint density at radius 1 is 1.25 bits per heavy atom. The second kappa shape index (κ2) is 5.43. The summed E-state index contributed by atoms with van der Waals surface area (Å²) in [6, 6.07) is 1.86. The number of hydrogen-bond acceptors (Lipinski definition) is 2. The third kappa shape index (κ3) is 2.39. The van der Waals surface area contributed by atoms with Crippen molar-refractivity contribution < 1.29 is 4.79 Å². The molecule has 3 rings (SSSR count). The molecule has 0 bridgehead atoms. The lowest BCUT2D eigenvalue weighted by Crippen LogP contribution is -2.50. The predicted octanol–water partition coefficient (Wildman–Crippen LogP) is 2.48. The second-order valence-corrected chi connectivity index (χ2v) is 6.15. The van der Waals surface area contributed by atoms with E-state index in [4.69, 9.17) is 0 Å². The van der Waals surface area contributed by atoms with Crippen molar-refractivity contribution in [2.45, 2.75) is 51.5 Å². The van der Waals surface area contributed by atoms with E-state index < -0.39 is 0 Å². The maximum Gasteiger partial charge on any atom is 0.259 e. The molecule has 0 radical (unpaired) electrons. The number of aromatic amines is 1. The summed E-state index contributed by atoms with van der Waals surface area (Å²) in [5, 5.41) is 0. The molecule has 1 saturated carbocycles. The molecule has 0 aromatic carbocycles. The first-order valence-electron chi connectivity index (χ1n) is 7.67. The average Bonchev–Trinajstić information content (AvgIpc) is 2.46. The van der Waals surface area contributed by atoms with E-state index in [1.165, 1.54) is 31.7 Å². The second-order valence-electron chi connectivity index (χ2n) is 6.15. The van der Waals surface area contributed by atoms with E-state index in [9.17, 15) is 9.59 Å². The van der Waals surface area contributed by atoms with Crippen molar-refractivity contribution in [3.05, 3.63) is 33.7 Å². The van der Waals surface area contributed by atoms with Crippen LogP contribution in [0.2, 0.25) is 0 Å². The van der Waals surface area contributed by atoms with Gasteiger partial charge in [-0.25, -0.2) is 0 Å². The highest BCUT2D eigenvalue weighted by Crippen LogP contribution is 2.35. The zero-order valence-electron chi connectivity index (χ0n) is 12.0. The molecule has 4 nitrogen and oxygen atoms in total. The first-order chi connectivity index (χ1) is 9.66. The summed E-state index contributed by atoms with van der Waals surface area (Å²) in [7, 11) is 0. The van der Waals surface area contributed by atoms with E-state index in [0.717, 1.165) is 25.1 Å². The van der Waals surface area contributed by atoms with Crippen LogP contribution in [0.3, 0.4) is 0 Å². The summed E-state index contributed by atoms with van der Waals surface area (Å²) in [6.07, 6.45) is 8.70. The molecule has 2 atom stereocenters. The van der Waals surface area contributed by atoms with Crippen LogP contribution < -0.4 is 5.43 Å². The van der Waals surface area contributed by atoms with E-state index in [-0.39, 0.29) is 11.3 Å². The minimum atomic E-state index is -0.163. The van der Waals surface area contributed by atoms with Crippen molar-refractivity contribution in [2.75, 3.05) is 6.54 Å². The number of carbonyl (C=O) groups excluding carboxylic acids is 1. The molecule has 1 aliphatic carbocycles. The number of pyridine rings is 1. The van der Waals surface area contributed by atoms with Crippen LogP contribution >= 0.6 is 0 Å². The quantitative estimate of drug-likeness (QED) is 0.855. The van der Waals surface area contributed by atoms with Gasteiger partial charge in [0.15, 0.2) is 5.43 Å². The Balaban J connectivity index is 1.87. The lowest BCUT2D eigenvalue weighted by Gasteiger charge is -2.44. The molecule has 0 unspecified atom stereocenters. The summed E-state index contributed by atoms with van der Waals surface area (Å²) in [4.78, 5) is 29.7. The number of aryl methyl sites for hydroxylation is 1. The molecule has 1 N–H and O–H groups in total. The van der Waals surface area contributed by atoms with Crippen LogP contribution in [0, 0.1) is 12.8 Å². The molecule has 108 valence electrons. The van der Waals surface area contributed by atoms with Gasteiger partial charge in [0, 0.05) is 30.5 Å². The van der Waals surface area contributed by atoms with Crippen molar-refractivity contribution in [1.29, 1.82) is 0 Å². The molecule has 2 fully saturated rings. The van der Waals surface area contributed by atoms with Gasteiger partial charge in [-0.1, -0.05) is 12.8 Å². The standard InChI is InChI=1S/C16H22N2O2/c1-11-9-15(19)13(10-17-11)16(20)18-8-4-6-12-5-2-3-7-14(12)18/h9-10,12,14H,2-8H2,1H3,(H,17,19)/t12-,14-/m1/s1. The molecule has 1 amide bonds. The minimum Gasteiger partial charge on any atom is -0.364 e. The van der Waals surface area contributed by atoms with Gasteiger partial charge in [-0.2, -0.15) is 0 Å². The molecule has 2 heterocycles. The third-order valence-corrected chi connectivity index (χ3v) is 4.79. The summed E-state index contributed by atoms with van der Waals surface area (Å²) in [5.74, 6) is 0.564. The Kier molecular flexibility index (Phi) is 3.64. The zero-order chi connectivity index (χ0) is 14.1. The SMILES string of the molecule is Cc1cc(=O)c(C(=O)N2CCC[C@H]3CCCC[C@H]32)c[nH]1. The Morgan fingerprint density at radius 3 is 2.80 bits per heavy atom. The smallest absolute Gasteiger partial charge is 0.259 e. The minimum absolute atomic E-state index is 0.0807. The molecule has 0 spiro atoms. The number of hydrogen-bond donors (Lipinski definition) is 1. The van der Waals surface area contributed by atoms with Crippen LogP contribution in [-0.2, 0) is 0 Å². The van der Waals surface area contributed by atoms with E-state index >= 15 is 0 Å². The van der Waals surface area contributed by atoms with Gasteiger partial charge < -0.3 is 9.88 Å². The average molecular weight is 274 g/mol. The fraction of sp³-hybridized carbons (Fsp3) is 0.625. The first kappa shape index (κ1) is 13.4. The van der Waals surface area contributed by atoms with Gasteiger partial charge in [0.2, 0.25) is 0 Å². The van der Waals surface area contributed by atoms with Gasteiger partial charge in [0.25, 0.3) is 5.91 Å². The maximum absolute atomic E-state index is 12.7. The molecule has 1 saturated heterocycles. The third-order valence-electron chi connectivity index (χ3n) is 4.79. The summed E-state index contributed by atoms with van der Waals surface area (Å²) >= 11 is 0. The Morgan fingerprint density at radius 2 is 2.00 bits per heavy atom. The van der Waals surface area contributed by atoms with Gasteiger partial charge in [-0.15, -0.1) is 0 Å². The number of likely N-dealkylation sites (tertiary alicyclic amines) is 1. The van der Waals surface area contributed by atoms with Gasteiger partial charge in [0.05, 0.1) is 0 Å². The highest BCUT2D eigenvalue weighted by atomic mass is 16.2. The van der Waals surface area contributed by atoms with E-state index in [2.05, 4.69) is 4.98 Å². The summed E-state index contributed by atoms with van der Waals surface area (Å²) < 4.78 is 0. The van der Waals surface area contributed by atoms with Crippen LogP contribution in [0.25, 0.3) is 0 Å². The molecule has 1 aromatic rings. The molecule has 2 aliphatic rings. The number of piperidine rings is 1. The molecule has 1 aromatic heterocycles. The summed E-state index contributed by atoms with van der Waals surface area (Å²) in [6.45, 7) is 2.63. The predicted molar refractivity (Wildman–Crippen MR) is 77.8 cm³/mol. The number of nitrogens with zero attached hydrogens (tertiary/aromatic N) is 1. The van der Waals surface area contributed by atoms with Gasteiger partial charge >= 0.3 is 0 Å². The molecule has 1 aliphatic heterocycles. The molecule has 4 heteroatoms. The van der Waals surface area contributed by atoms with Crippen molar-refractivity contribution in [3.8, 4) is 0 Å². The molecular weight excluding hydrogens is 252 g/mol. The number of rotatable bonds is 1. The molecular formula is C16H22N2O2. The van der Waals surface area contributed by atoms with Gasteiger partial charge in [0.1, 0.15) is 5.56 Å². The lowest BCUT2D eigenvalue weighted by atomic mass is 9.78. The highest BCUT2D eigenvalue weighted by molar-refractivity contribution is 5.94. The number of amides is 1. The van der Waals surface area contributed by atoms with Crippen molar-refractivity contribution >= 4 is 5.91 Å². The Hall–Kier alpha value is -1.58. The number of aromatic nitrogens is 1. The van der Waals surface area contributed by atoms with Crippen molar-refractivity contribution in [3.63, 3.8) is 0 Å². The van der Waals surface area contributed by atoms with E-state index in [1.807, 2.05) is 11.8 Å². The molecule has 20 heavy (non-hydrogen) atoms. The van der Waals surface area contributed by atoms with E-state index in [1.54, 1.807) is 6.20 Å². The van der Waals surface area contributed by atoms with Crippen molar-refractivity contribution in [2.24, 2.45) is 5.92 Å². The van der Waals surface area contributed by atoms with Gasteiger partial charge in [-0.05, 0) is 38.5 Å². The van der Waals surface area contributed by atoms with E-state index in [0.29, 0.717) is 17.5 Å². The lowest BCUT2D eigenvalue weighted by molar-refractivity contribution is 0.0389. The van der Waals surface area contributed by atoms with Crippen LogP contribution in [0.4, 0.5) is 0 Å². The van der Waals surface area contributed by atoms with Crippen LogP contribution in [0.5, 0.6) is 0 Å². The number of nitrogens with one attached hydrogen (secondary N) is 1. The maximum atomic E-state index is 12.7. The van der Waals surface area contributed by atoms with Crippen LogP contribution in [-0.4, -0.2) is 28.4 Å². The van der Waals surface area contributed by atoms with Crippen molar-refractivity contribution in [1.82, 2.24) is 9.88 Å². The van der Waals surface area contributed by atoms with Crippen LogP contribution in [0.1, 0.15) is 54.6 Å². The number of carbonyl (C=O) groups is 1. The van der Waals surface area contributed by atoms with Crippen LogP contribution in [0.15, 0.2) is 17.1 Å². The summed E-state index contributed by atoms with van der Waals surface area (Å²) in [5.41, 5.74) is 0.923. The fourth-order valence-corrected chi connectivity index (χ4v) is 3.77. The fourth-order valence-electron chi connectivity index (χ4n) is 3.77. The highest BCUT2D eigenvalue weighted by Gasteiger charge is 2.36. The Bertz CT molecular complexity index is 562. The topological polar surface area (TPSA) is 53.2 Å². The first-order valence-corrected chi connectivity index (χ1v) is 7.67. The number of fused-ring (bicyclic) bond motifs is 1. The number of H-pyrrole nitrogens is 1. The Labute approximate surface area is 119 Å². The van der Waals surface area contributed by atoms with Gasteiger partial charge in [-0.3, -0.25) is 9.59 Å². The normalized spacial score (nSPS) is 26.1.